The summed E-state index contributed by atoms with van der Waals surface area (Å²) in [6, 6.07) is 2.62. The van der Waals surface area contributed by atoms with Crippen LogP contribution in [0.25, 0.3) is 0 Å². The summed E-state index contributed by atoms with van der Waals surface area (Å²) in [4.78, 5) is -0.693. The van der Waals surface area contributed by atoms with E-state index in [-0.39, 0.29) is 5.02 Å². The molecule has 1 N–H and O–H groups in total. The number of alkyl halides is 3. The number of halogens is 4. The van der Waals surface area contributed by atoms with Gasteiger partial charge in [-0.15, -0.1) is 0 Å². The van der Waals surface area contributed by atoms with E-state index in [0.29, 0.717) is 6.07 Å². The van der Waals surface area contributed by atoms with Crippen molar-refractivity contribution in [1.82, 2.24) is 0 Å². The predicted octanol–water partition coefficient (Wildman–Crippen LogP) is 2.94. The summed E-state index contributed by atoms with van der Waals surface area (Å²) in [7, 11) is 0. The zero-order valence-corrected chi connectivity index (χ0v) is 8.08. The summed E-state index contributed by atoms with van der Waals surface area (Å²) in [5.74, 6) is 0. The Kier molecular flexibility index (Phi) is 3.18. The van der Waals surface area contributed by atoms with Gasteiger partial charge in [-0.3, -0.25) is 0 Å². The van der Waals surface area contributed by atoms with Crippen LogP contribution < -0.4 is 0 Å². The van der Waals surface area contributed by atoms with E-state index in [1.54, 1.807) is 0 Å². The molecule has 0 saturated heterocycles. The molecule has 0 aliphatic heterocycles. The van der Waals surface area contributed by atoms with E-state index in [1.165, 1.54) is 0 Å². The zero-order chi connectivity index (χ0) is 10.9. The number of hydrogen-bond donors (Lipinski definition) is 1. The molecular formula is C7H4ClF3O2S. The van der Waals surface area contributed by atoms with Crippen molar-refractivity contribution < 1.29 is 21.9 Å². The SMILES string of the molecule is O=S(O)c1ccc(Cl)cc1C(F)(F)F. The van der Waals surface area contributed by atoms with Gasteiger partial charge in [-0.2, -0.15) is 13.2 Å². The minimum atomic E-state index is -4.68. The van der Waals surface area contributed by atoms with Crippen molar-refractivity contribution in [1.29, 1.82) is 0 Å². The van der Waals surface area contributed by atoms with Gasteiger partial charge in [0, 0.05) is 5.02 Å². The van der Waals surface area contributed by atoms with E-state index in [4.69, 9.17) is 16.2 Å². The molecule has 0 saturated carbocycles. The third-order valence-electron chi connectivity index (χ3n) is 1.44. The number of hydrogen-bond acceptors (Lipinski definition) is 1. The fourth-order valence-corrected chi connectivity index (χ4v) is 1.60. The molecule has 1 atom stereocenters. The lowest BCUT2D eigenvalue weighted by Gasteiger charge is -2.10. The lowest BCUT2D eigenvalue weighted by atomic mass is 10.2. The second kappa shape index (κ2) is 3.88. The summed E-state index contributed by atoms with van der Waals surface area (Å²) in [6.07, 6.45) is -4.68. The smallest absolute Gasteiger partial charge is 0.302 e. The van der Waals surface area contributed by atoms with Crippen molar-refractivity contribution in [2.45, 2.75) is 11.1 Å². The van der Waals surface area contributed by atoms with Crippen LogP contribution in [0.2, 0.25) is 5.02 Å². The molecule has 0 amide bonds. The van der Waals surface area contributed by atoms with E-state index in [2.05, 4.69) is 0 Å². The van der Waals surface area contributed by atoms with Crippen molar-refractivity contribution >= 4 is 22.7 Å². The molecule has 78 valence electrons. The zero-order valence-electron chi connectivity index (χ0n) is 6.51. The molecule has 1 rings (SSSR count). The van der Waals surface area contributed by atoms with Crippen LogP contribution in [0.4, 0.5) is 13.2 Å². The van der Waals surface area contributed by atoms with E-state index in [9.17, 15) is 17.4 Å². The van der Waals surface area contributed by atoms with Crippen LogP contribution in [-0.2, 0) is 17.3 Å². The molecule has 0 aromatic heterocycles. The quantitative estimate of drug-likeness (QED) is 0.771. The van der Waals surface area contributed by atoms with Crippen LogP contribution in [-0.4, -0.2) is 8.76 Å². The molecule has 1 aromatic rings. The van der Waals surface area contributed by atoms with Gasteiger partial charge < -0.3 is 4.55 Å². The van der Waals surface area contributed by atoms with Crippen LogP contribution >= 0.6 is 11.6 Å². The van der Waals surface area contributed by atoms with Gasteiger partial charge in [0.1, 0.15) is 0 Å². The van der Waals surface area contributed by atoms with Gasteiger partial charge in [-0.25, -0.2) is 4.21 Å². The van der Waals surface area contributed by atoms with E-state index < -0.39 is 27.7 Å². The molecule has 0 aliphatic carbocycles. The molecule has 7 heteroatoms. The lowest BCUT2D eigenvalue weighted by molar-refractivity contribution is -0.139. The van der Waals surface area contributed by atoms with Crippen molar-refractivity contribution in [3.63, 3.8) is 0 Å². The number of benzene rings is 1. The summed E-state index contributed by atoms with van der Waals surface area (Å²) < 4.78 is 56.0. The summed E-state index contributed by atoms with van der Waals surface area (Å²) in [6.45, 7) is 0. The van der Waals surface area contributed by atoms with Gasteiger partial charge >= 0.3 is 6.18 Å². The topological polar surface area (TPSA) is 37.3 Å². The molecule has 2 nitrogen and oxygen atoms in total. The molecule has 14 heavy (non-hydrogen) atoms. The van der Waals surface area contributed by atoms with Crippen LogP contribution in [0.5, 0.6) is 0 Å². The highest BCUT2D eigenvalue weighted by atomic mass is 35.5. The first-order chi connectivity index (χ1) is 6.32. The van der Waals surface area contributed by atoms with Crippen molar-refractivity contribution in [3.05, 3.63) is 28.8 Å². The molecule has 0 spiro atoms. The van der Waals surface area contributed by atoms with Crippen LogP contribution in [0, 0.1) is 0 Å². The molecular weight excluding hydrogens is 241 g/mol. The molecule has 0 fully saturated rings. The van der Waals surface area contributed by atoms with Crippen LogP contribution in [0.15, 0.2) is 23.1 Å². The highest BCUT2D eigenvalue weighted by Crippen LogP contribution is 2.34. The van der Waals surface area contributed by atoms with Crippen molar-refractivity contribution in [2.75, 3.05) is 0 Å². The standard InChI is InChI=1S/C7H4ClF3O2S/c8-4-1-2-6(14(12)13)5(3-4)7(9,10)11/h1-3H,(H,12,13). The first-order valence-corrected chi connectivity index (χ1v) is 4.78. The fraction of sp³-hybridized carbons (Fsp3) is 0.143. The Morgan fingerprint density at radius 2 is 1.93 bits per heavy atom. The van der Waals surface area contributed by atoms with Crippen molar-refractivity contribution in [2.24, 2.45) is 0 Å². The normalized spacial score (nSPS) is 14.1. The fourth-order valence-electron chi connectivity index (χ4n) is 0.876. The molecule has 0 radical (unpaired) electrons. The third-order valence-corrected chi connectivity index (χ3v) is 2.40. The Balaban J connectivity index is 3.38. The molecule has 0 bridgehead atoms. The first kappa shape index (κ1) is 11.5. The predicted molar refractivity (Wildman–Crippen MR) is 45.5 cm³/mol. The number of rotatable bonds is 1. The van der Waals surface area contributed by atoms with E-state index >= 15 is 0 Å². The lowest BCUT2D eigenvalue weighted by Crippen LogP contribution is -2.09. The minimum absolute atomic E-state index is 0.133. The summed E-state index contributed by atoms with van der Waals surface area (Å²) >= 11 is 2.67. The maximum absolute atomic E-state index is 12.3. The maximum Gasteiger partial charge on any atom is 0.417 e. The average molecular weight is 245 g/mol. The van der Waals surface area contributed by atoms with Gasteiger partial charge in [0.05, 0.1) is 10.5 Å². The average Bonchev–Trinajstić information content (AvgIpc) is 2.01. The highest BCUT2D eigenvalue weighted by Gasteiger charge is 2.35. The Hall–Kier alpha value is -0.590. The van der Waals surface area contributed by atoms with Crippen LogP contribution in [0.1, 0.15) is 5.56 Å². The Morgan fingerprint density at radius 3 is 2.36 bits per heavy atom. The van der Waals surface area contributed by atoms with Gasteiger partial charge in [-0.1, -0.05) is 11.6 Å². The van der Waals surface area contributed by atoms with Gasteiger partial charge in [0.2, 0.25) is 0 Å². The maximum atomic E-state index is 12.3. The first-order valence-electron chi connectivity index (χ1n) is 3.30. The van der Waals surface area contributed by atoms with Gasteiger partial charge in [0.15, 0.2) is 11.1 Å². The molecule has 1 aromatic carbocycles. The Labute approximate surface area is 85.0 Å². The molecule has 1 unspecified atom stereocenters. The summed E-state index contributed by atoms with van der Waals surface area (Å²) in [5.41, 5.74) is -1.19. The van der Waals surface area contributed by atoms with Crippen LogP contribution in [0.3, 0.4) is 0 Å². The largest absolute Gasteiger partial charge is 0.417 e. The Morgan fingerprint density at radius 1 is 1.36 bits per heavy atom. The van der Waals surface area contributed by atoms with E-state index in [0.717, 1.165) is 12.1 Å². The second-order valence-corrected chi connectivity index (χ2v) is 3.76. The molecule has 0 heterocycles. The second-order valence-electron chi connectivity index (χ2n) is 2.39. The monoisotopic (exact) mass is 244 g/mol. The van der Waals surface area contributed by atoms with Gasteiger partial charge in [0.25, 0.3) is 0 Å². The molecule has 0 aliphatic rings. The Bertz CT molecular complexity index is 378. The van der Waals surface area contributed by atoms with Gasteiger partial charge in [-0.05, 0) is 18.2 Å². The summed E-state index contributed by atoms with van der Waals surface area (Å²) in [5, 5.41) is -0.133. The third kappa shape index (κ3) is 2.46. The van der Waals surface area contributed by atoms with Crippen molar-refractivity contribution in [3.8, 4) is 0 Å². The minimum Gasteiger partial charge on any atom is -0.302 e. The highest BCUT2D eigenvalue weighted by molar-refractivity contribution is 7.79. The van der Waals surface area contributed by atoms with E-state index in [1.807, 2.05) is 0 Å².